The second-order valence-corrected chi connectivity index (χ2v) is 13.1. The number of benzene rings is 4. The molecule has 0 aromatic heterocycles. The zero-order chi connectivity index (χ0) is 31.7. The predicted molar refractivity (Wildman–Crippen MR) is 190 cm³/mol. The van der Waals surface area contributed by atoms with E-state index in [1.54, 1.807) is 24.3 Å². The van der Waals surface area contributed by atoms with Crippen LogP contribution in [0, 0.1) is 6.92 Å². The number of aromatic hydroxyl groups is 4. The molecule has 228 valence electrons. The molecule has 4 aromatic rings. The van der Waals surface area contributed by atoms with Gasteiger partial charge in [0.2, 0.25) is 0 Å². The van der Waals surface area contributed by atoms with Gasteiger partial charge in [-0.05, 0) is 128 Å². The Morgan fingerprint density at radius 1 is 0.476 bits per heavy atom. The van der Waals surface area contributed by atoms with E-state index in [0.29, 0.717) is 23.0 Å². The van der Waals surface area contributed by atoms with Crippen molar-refractivity contribution in [1.29, 1.82) is 0 Å². The van der Waals surface area contributed by atoms with Gasteiger partial charge in [0.25, 0.3) is 0 Å². The predicted octanol–water partition coefficient (Wildman–Crippen LogP) is 11.8. The number of unbranched alkanes of at least 4 members (excludes halogenated alkanes) is 1. The van der Waals surface area contributed by atoms with Crippen LogP contribution in [0.15, 0.2) is 90.7 Å². The molecular weight excluding hydrogens is 792 g/mol. The van der Waals surface area contributed by atoms with Gasteiger partial charge in [0.05, 0.1) is 0 Å². The van der Waals surface area contributed by atoms with Crippen LogP contribution in [0.5, 0.6) is 23.0 Å². The van der Waals surface area contributed by atoms with E-state index >= 15 is 0 Å². The third-order valence-electron chi connectivity index (χ3n) is 5.98. The minimum atomic E-state index is 0.346. The Kier molecular flexibility index (Phi) is 18.9. The minimum Gasteiger partial charge on any atom is -0.508 e. The van der Waals surface area contributed by atoms with Crippen LogP contribution < -0.4 is 0 Å². The van der Waals surface area contributed by atoms with Gasteiger partial charge < -0.3 is 20.4 Å². The largest absolute Gasteiger partial charge is 0.508 e. The quantitative estimate of drug-likeness (QED) is 0.156. The Bertz CT molecular complexity index is 1380. The first kappa shape index (κ1) is 38.0. The molecule has 4 rings (SSSR count). The van der Waals surface area contributed by atoms with Gasteiger partial charge in [0.15, 0.2) is 0 Å². The zero-order valence-corrected chi connectivity index (χ0v) is 30.8. The lowest BCUT2D eigenvalue weighted by atomic mass is 10.1. The molecule has 0 aliphatic carbocycles. The van der Waals surface area contributed by atoms with Crippen LogP contribution in [0.1, 0.15) is 62.3 Å². The van der Waals surface area contributed by atoms with E-state index in [-0.39, 0.29) is 0 Å². The summed E-state index contributed by atoms with van der Waals surface area (Å²) < 4.78 is 4.07. The van der Waals surface area contributed by atoms with E-state index in [1.807, 2.05) is 62.4 Å². The molecule has 0 aliphatic rings. The van der Waals surface area contributed by atoms with Gasteiger partial charge >= 0.3 is 0 Å². The normalized spacial score (nSPS) is 9.90. The summed E-state index contributed by atoms with van der Waals surface area (Å²) >= 11 is 13.3. The van der Waals surface area contributed by atoms with Crippen LogP contribution in [0.2, 0.25) is 0 Å². The Morgan fingerprint density at radius 3 is 1.21 bits per heavy atom. The number of aryl methyl sites for hydroxylation is 4. The van der Waals surface area contributed by atoms with Gasteiger partial charge in [-0.2, -0.15) is 0 Å². The molecule has 4 N–H and O–H groups in total. The molecule has 42 heavy (non-hydrogen) atoms. The Hall–Kier alpha value is -2.00. The lowest BCUT2D eigenvalue weighted by molar-refractivity contribution is 0.466. The smallest absolute Gasteiger partial charge is 0.118 e. The molecular formula is C34H40Br4O4. The Morgan fingerprint density at radius 2 is 0.857 bits per heavy atom. The standard InChI is InChI=1S/C10H13BrO.C9H11BrO.C8H9BrO.C7H7BrO/c1-2-3-4-8-7-9(11)5-6-10(8)12;1-2-3-7-6-8(10)4-5-9(7)11;1-2-6-5-7(9)3-4-8(6)10;1-5-4-6(8)2-3-7(5)9/h5-7,12H,2-4H2,1H3;4-6,11H,2-3H2,1H3;3-5,10H,2H2,1H3;2-4,9H,1H3. The minimum absolute atomic E-state index is 0.346. The van der Waals surface area contributed by atoms with E-state index in [4.69, 9.17) is 5.11 Å². The van der Waals surface area contributed by atoms with Crippen molar-refractivity contribution in [3.63, 3.8) is 0 Å². The van der Waals surface area contributed by atoms with Crippen LogP contribution in [-0.2, 0) is 19.3 Å². The molecule has 4 nitrogen and oxygen atoms in total. The summed E-state index contributed by atoms with van der Waals surface area (Å²) in [6.45, 7) is 8.12. The van der Waals surface area contributed by atoms with Crippen molar-refractivity contribution in [3.8, 4) is 23.0 Å². The van der Waals surface area contributed by atoms with Crippen molar-refractivity contribution >= 4 is 63.7 Å². The summed E-state index contributed by atoms with van der Waals surface area (Å²) in [6, 6.07) is 21.9. The zero-order valence-electron chi connectivity index (χ0n) is 24.5. The Balaban J connectivity index is 0.000000281. The number of hydrogen-bond acceptors (Lipinski definition) is 4. The van der Waals surface area contributed by atoms with Crippen molar-refractivity contribution in [2.24, 2.45) is 0 Å². The molecule has 0 amide bonds. The summed E-state index contributed by atoms with van der Waals surface area (Å²) in [5.74, 6) is 1.53. The molecule has 0 heterocycles. The maximum atomic E-state index is 9.44. The van der Waals surface area contributed by atoms with Crippen molar-refractivity contribution in [3.05, 3.63) is 113 Å². The van der Waals surface area contributed by atoms with Crippen LogP contribution in [-0.4, -0.2) is 20.4 Å². The molecule has 8 heteroatoms. The van der Waals surface area contributed by atoms with Crippen LogP contribution >= 0.6 is 63.7 Å². The second-order valence-electron chi connectivity index (χ2n) is 9.46. The number of halogens is 4. The van der Waals surface area contributed by atoms with E-state index in [0.717, 1.165) is 78.7 Å². The molecule has 0 aliphatic heterocycles. The maximum Gasteiger partial charge on any atom is 0.118 e. The molecule has 0 spiro atoms. The van der Waals surface area contributed by atoms with Gasteiger partial charge in [-0.1, -0.05) is 97.3 Å². The lowest BCUT2D eigenvalue weighted by Crippen LogP contribution is -1.85. The summed E-state index contributed by atoms with van der Waals surface area (Å²) in [4.78, 5) is 0. The fourth-order valence-corrected chi connectivity index (χ4v) is 5.30. The first-order valence-electron chi connectivity index (χ1n) is 13.8. The molecule has 0 fully saturated rings. The third-order valence-corrected chi connectivity index (χ3v) is 7.96. The van der Waals surface area contributed by atoms with Crippen molar-refractivity contribution in [2.45, 2.75) is 66.2 Å². The number of phenols is 4. The summed E-state index contributed by atoms with van der Waals surface area (Å²) in [6.07, 6.45) is 6.11. The van der Waals surface area contributed by atoms with E-state index in [9.17, 15) is 15.3 Å². The molecule has 0 atom stereocenters. The van der Waals surface area contributed by atoms with Gasteiger partial charge in [-0.3, -0.25) is 0 Å². The van der Waals surface area contributed by atoms with Crippen LogP contribution in [0.25, 0.3) is 0 Å². The molecule has 0 bridgehead atoms. The third kappa shape index (κ3) is 14.9. The second kappa shape index (κ2) is 20.8. The number of rotatable bonds is 6. The average molecular weight is 832 g/mol. The molecule has 0 saturated heterocycles. The van der Waals surface area contributed by atoms with Gasteiger partial charge in [-0.25, -0.2) is 0 Å². The summed E-state index contributed by atoms with van der Waals surface area (Å²) in [5, 5.41) is 37.0. The Labute approximate surface area is 284 Å². The van der Waals surface area contributed by atoms with Gasteiger partial charge in [0, 0.05) is 17.9 Å². The number of phenolic OH excluding ortho intramolecular Hbond substituents is 4. The van der Waals surface area contributed by atoms with Gasteiger partial charge in [0.1, 0.15) is 23.0 Å². The molecule has 0 saturated carbocycles. The van der Waals surface area contributed by atoms with E-state index in [1.165, 1.54) is 0 Å². The van der Waals surface area contributed by atoms with Crippen molar-refractivity contribution in [1.82, 2.24) is 0 Å². The monoisotopic (exact) mass is 828 g/mol. The summed E-state index contributed by atoms with van der Waals surface area (Å²) in [5.41, 5.74) is 3.92. The van der Waals surface area contributed by atoms with Crippen molar-refractivity contribution in [2.75, 3.05) is 0 Å². The topological polar surface area (TPSA) is 80.9 Å². The molecule has 0 unspecified atom stereocenters. The highest BCUT2D eigenvalue weighted by molar-refractivity contribution is 9.11. The average Bonchev–Trinajstić information content (AvgIpc) is 2.96. The highest BCUT2D eigenvalue weighted by Gasteiger charge is 2.01. The SMILES string of the molecule is CCCCc1cc(Br)ccc1O.CCCc1cc(Br)ccc1O.CCc1cc(Br)ccc1O.Cc1cc(Br)ccc1O. The fraction of sp³-hybridized carbons (Fsp3) is 0.294. The first-order valence-corrected chi connectivity index (χ1v) is 17.0. The summed E-state index contributed by atoms with van der Waals surface area (Å²) in [7, 11) is 0. The van der Waals surface area contributed by atoms with Gasteiger partial charge in [-0.15, -0.1) is 0 Å². The number of hydrogen-bond donors (Lipinski definition) is 4. The lowest BCUT2D eigenvalue weighted by Gasteiger charge is -2.03. The molecule has 0 radical (unpaired) electrons. The highest BCUT2D eigenvalue weighted by Crippen LogP contribution is 2.24. The molecule has 4 aromatic carbocycles. The maximum absolute atomic E-state index is 9.44. The fourth-order valence-electron chi connectivity index (χ4n) is 3.60. The first-order chi connectivity index (χ1) is 19.9. The van der Waals surface area contributed by atoms with E-state index < -0.39 is 0 Å². The van der Waals surface area contributed by atoms with E-state index in [2.05, 4.69) is 77.6 Å². The van der Waals surface area contributed by atoms with Crippen LogP contribution in [0.3, 0.4) is 0 Å². The van der Waals surface area contributed by atoms with Crippen LogP contribution in [0.4, 0.5) is 0 Å². The highest BCUT2D eigenvalue weighted by atomic mass is 79.9. The van der Waals surface area contributed by atoms with Crippen molar-refractivity contribution < 1.29 is 20.4 Å².